The monoisotopic (exact) mass is 380 g/mol. The minimum Gasteiger partial charge on any atom is -0.384 e. The molecule has 0 unspecified atom stereocenters. The van der Waals surface area contributed by atoms with Gasteiger partial charge in [0.05, 0.1) is 23.7 Å². The van der Waals surface area contributed by atoms with Gasteiger partial charge in [-0.3, -0.25) is 9.59 Å². The van der Waals surface area contributed by atoms with Gasteiger partial charge in [-0.1, -0.05) is 35.0 Å². The normalized spacial score (nSPS) is 11.0. The number of anilines is 1. The Kier molecular flexibility index (Phi) is 7.24. The van der Waals surface area contributed by atoms with Crippen LogP contribution in [-0.2, 0) is 21.0 Å². The van der Waals surface area contributed by atoms with E-state index in [2.05, 4.69) is 15.8 Å². The molecular formula is C16H17ClN4O3S. The van der Waals surface area contributed by atoms with E-state index in [1.807, 2.05) is 17.5 Å². The zero-order valence-electron chi connectivity index (χ0n) is 13.2. The summed E-state index contributed by atoms with van der Waals surface area (Å²) in [5, 5.41) is 11.2. The van der Waals surface area contributed by atoms with Crippen molar-refractivity contribution >= 4 is 46.3 Å². The van der Waals surface area contributed by atoms with Crippen molar-refractivity contribution in [3.8, 4) is 0 Å². The van der Waals surface area contributed by atoms with Crippen molar-refractivity contribution in [1.29, 1.82) is 0 Å². The number of hydrogen-bond acceptors (Lipinski definition) is 5. The van der Waals surface area contributed by atoms with Gasteiger partial charge >= 0.3 is 0 Å². The van der Waals surface area contributed by atoms with E-state index in [1.54, 1.807) is 35.6 Å². The van der Waals surface area contributed by atoms with Gasteiger partial charge < -0.3 is 21.2 Å². The van der Waals surface area contributed by atoms with E-state index in [1.165, 1.54) is 0 Å². The van der Waals surface area contributed by atoms with Crippen molar-refractivity contribution < 1.29 is 14.4 Å². The zero-order valence-corrected chi connectivity index (χ0v) is 14.8. The number of amidine groups is 1. The van der Waals surface area contributed by atoms with Crippen molar-refractivity contribution in [2.75, 3.05) is 11.9 Å². The third kappa shape index (κ3) is 6.82. The van der Waals surface area contributed by atoms with Gasteiger partial charge in [-0.15, -0.1) is 11.3 Å². The van der Waals surface area contributed by atoms with Crippen molar-refractivity contribution in [3.05, 3.63) is 51.7 Å². The number of halogens is 1. The maximum absolute atomic E-state index is 11.8. The Labute approximate surface area is 153 Å². The summed E-state index contributed by atoms with van der Waals surface area (Å²) < 4.78 is 0. The van der Waals surface area contributed by atoms with E-state index in [0.717, 1.165) is 4.88 Å². The second-order valence-corrected chi connectivity index (χ2v) is 6.36. The van der Waals surface area contributed by atoms with E-state index >= 15 is 0 Å². The molecule has 25 heavy (non-hydrogen) atoms. The molecule has 0 saturated carbocycles. The van der Waals surface area contributed by atoms with Crippen molar-refractivity contribution in [1.82, 2.24) is 5.32 Å². The molecule has 0 atom stereocenters. The number of amides is 2. The summed E-state index contributed by atoms with van der Waals surface area (Å²) in [5.41, 5.74) is 6.09. The summed E-state index contributed by atoms with van der Waals surface area (Å²) >= 11 is 7.49. The number of nitrogens with zero attached hydrogens (tertiary/aromatic N) is 1. The summed E-state index contributed by atoms with van der Waals surface area (Å²) in [4.78, 5) is 29.3. The number of para-hydroxylation sites is 1. The molecule has 0 radical (unpaired) electrons. The number of carbonyl (C=O) groups is 2. The van der Waals surface area contributed by atoms with Crippen molar-refractivity contribution in [3.63, 3.8) is 0 Å². The largest absolute Gasteiger partial charge is 0.384 e. The lowest BCUT2D eigenvalue weighted by Gasteiger charge is -2.07. The van der Waals surface area contributed by atoms with E-state index < -0.39 is 0 Å². The Morgan fingerprint density at radius 2 is 2.00 bits per heavy atom. The van der Waals surface area contributed by atoms with Gasteiger partial charge in [0.25, 0.3) is 5.91 Å². The van der Waals surface area contributed by atoms with E-state index in [4.69, 9.17) is 22.2 Å². The van der Waals surface area contributed by atoms with Crippen LogP contribution in [0.4, 0.5) is 5.69 Å². The van der Waals surface area contributed by atoms with Crippen LogP contribution in [0.25, 0.3) is 0 Å². The third-order valence-electron chi connectivity index (χ3n) is 2.91. The molecule has 2 rings (SSSR count). The number of hydrogen-bond donors (Lipinski definition) is 3. The molecule has 0 aliphatic heterocycles. The number of benzene rings is 1. The Morgan fingerprint density at radius 3 is 2.72 bits per heavy atom. The third-order valence-corrected chi connectivity index (χ3v) is 4.11. The van der Waals surface area contributed by atoms with E-state index in [-0.39, 0.29) is 30.7 Å². The lowest BCUT2D eigenvalue weighted by Crippen LogP contribution is -2.27. The van der Waals surface area contributed by atoms with Gasteiger partial charge in [0.2, 0.25) is 5.91 Å². The first-order valence-electron chi connectivity index (χ1n) is 7.32. The first kappa shape index (κ1) is 18.8. The van der Waals surface area contributed by atoms with E-state index in [9.17, 15) is 9.59 Å². The highest BCUT2D eigenvalue weighted by molar-refractivity contribution is 7.09. The highest BCUT2D eigenvalue weighted by atomic mass is 35.5. The first-order valence-corrected chi connectivity index (χ1v) is 8.58. The molecule has 0 bridgehead atoms. The molecule has 0 spiro atoms. The molecule has 132 valence electrons. The van der Waals surface area contributed by atoms with Crippen LogP contribution in [-0.4, -0.2) is 24.3 Å². The van der Waals surface area contributed by atoms with Crippen LogP contribution in [0.3, 0.4) is 0 Å². The lowest BCUT2D eigenvalue weighted by molar-refractivity contribution is -0.125. The summed E-state index contributed by atoms with van der Waals surface area (Å²) in [5.74, 6) is -0.763. The molecule has 0 aliphatic carbocycles. The van der Waals surface area contributed by atoms with Crippen LogP contribution in [0.1, 0.15) is 11.3 Å². The van der Waals surface area contributed by atoms with Crippen molar-refractivity contribution in [2.24, 2.45) is 10.9 Å². The average Bonchev–Trinajstić information content (AvgIpc) is 3.08. The summed E-state index contributed by atoms with van der Waals surface area (Å²) in [6.45, 7) is 0.150. The predicted octanol–water partition coefficient (Wildman–Crippen LogP) is 2.34. The van der Waals surface area contributed by atoms with Crippen LogP contribution in [0.2, 0.25) is 5.02 Å². The average molecular weight is 381 g/mol. The molecule has 2 aromatic rings. The van der Waals surface area contributed by atoms with Crippen LogP contribution in [0, 0.1) is 0 Å². The summed E-state index contributed by atoms with van der Waals surface area (Å²) in [7, 11) is 0. The van der Waals surface area contributed by atoms with Crippen molar-refractivity contribution in [2.45, 2.75) is 13.0 Å². The van der Waals surface area contributed by atoms with E-state index in [0.29, 0.717) is 17.3 Å². The number of nitrogens with two attached hydrogens (primary N) is 1. The van der Waals surface area contributed by atoms with Gasteiger partial charge in [-0.05, 0) is 23.6 Å². The molecule has 4 N–H and O–H groups in total. The molecule has 9 heteroatoms. The number of nitrogens with one attached hydrogen (secondary N) is 2. The van der Waals surface area contributed by atoms with Crippen LogP contribution >= 0.6 is 22.9 Å². The Hall–Kier alpha value is -2.58. The fourth-order valence-corrected chi connectivity index (χ4v) is 2.61. The number of rotatable bonds is 8. The Morgan fingerprint density at radius 1 is 1.20 bits per heavy atom. The second-order valence-electron chi connectivity index (χ2n) is 4.92. The maximum Gasteiger partial charge on any atom is 0.261 e. The molecule has 7 nitrogen and oxygen atoms in total. The zero-order chi connectivity index (χ0) is 18.1. The molecule has 0 fully saturated rings. The predicted molar refractivity (Wildman–Crippen MR) is 98.4 cm³/mol. The van der Waals surface area contributed by atoms with Gasteiger partial charge in [0.1, 0.15) is 5.84 Å². The Balaban J connectivity index is 1.69. The standard InChI is InChI=1S/C16H17ClN4O3S/c17-12-5-1-2-6-13(12)20-15(22)8-14(18)21-24-10-16(23)19-9-11-4-3-7-25-11/h1-7H,8-10H2,(H2,18,21)(H,19,23)(H,20,22). The number of thiophene rings is 1. The van der Waals surface area contributed by atoms with Gasteiger partial charge in [0, 0.05) is 4.88 Å². The number of oxime groups is 1. The molecule has 2 amide bonds. The molecular weight excluding hydrogens is 364 g/mol. The second kappa shape index (κ2) is 9.65. The first-order chi connectivity index (χ1) is 12.0. The van der Waals surface area contributed by atoms with Gasteiger partial charge in [-0.2, -0.15) is 0 Å². The van der Waals surface area contributed by atoms with Gasteiger partial charge in [-0.25, -0.2) is 0 Å². The smallest absolute Gasteiger partial charge is 0.261 e. The minimum absolute atomic E-state index is 0.0457. The lowest BCUT2D eigenvalue weighted by atomic mass is 10.3. The summed E-state index contributed by atoms with van der Waals surface area (Å²) in [6.07, 6.45) is -0.179. The topological polar surface area (TPSA) is 106 Å². The maximum atomic E-state index is 11.8. The molecule has 0 aliphatic rings. The fraction of sp³-hybridized carbons (Fsp3) is 0.188. The van der Waals surface area contributed by atoms with Crippen LogP contribution < -0.4 is 16.4 Å². The highest BCUT2D eigenvalue weighted by Crippen LogP contribution is 2.20. The quantitative estimate of drug-likeness (QED) is 0.371. The SMILES string of the molecule is NC(CC(=O)Nc1ccccc1Cl)=NOCC(=O)NCc1cccs1. The highest BCUT2D eigenvalue weighted by Gasteiger charge is 2.08. The van der Waals surface area contributed by atoms with Crippen LogP contribution in [0.15, 0.2) is 46.9 Å². The minimum atomic E-state index is -0.389. The van der Waals surface area contributed by atoms with Crippen LogP contribution in [0.5, 0.6) is 0 Å². The summed E-state index contributed by atoms with van der Waals surface area (Å²) in [6, 6.07) is 10.7. The molecule has 1 aromatic heterocycles. The molecule has 1 heterocycles. The fourth-order valence-electron chi connectivity index (χ4n) is 1.78. The Bertz CT molecular complexity index is 750. The molecule has 0 saturated heterocycles. The number of carbonyl (C=O) groups excluding carboxylic acids is 2. The van der Waals surface area contributed by atoms with Gasteiger partial charge in [0.15, 0.2) is 6.61 Å². The molecule has 1 aromatic carbocycles.